The molecule has 0 radical (unpaired) electrons. The number of fused-ring (bicyclic) bond motifs is 1. The molecule has 2 aromatic carbocycles. The fraction of sp³-hybridized carbons (Fsp3) is 0.200. The maximum absolute atomic E-state index is 13.7. The van der Waals surface area contributed by atoms with Gasteiger partial charge >= 0.3 is 0 Å². The van der Waals surface area contributed by atoms with Crippen molar-refractivity contribution in [2.75, 3.05) is 0 Å². The summed E-state index contributed by atoms with van der Waals surface area (Å²) in [6.07, 6.45) is 0.756. The highest BCUT2D eigenvalue weighted by Gasteiger charge is 2.24. The Morgan fingerprint density at radius 3 is 2.74 bits per heavy atom. The van der Waals surface area contributed by atoms with Gasteiger partial charge in [-0.25, -0.2) is 4.39 Å². The fourth-order valence-corrected chi connectivity index (χ4v) is 2.79. The third-order valence-electron chi connectivity index (χ3n) is 3.18. The average Bonchev–Trinajstić information content (AvgIpc) is 2.71. The van der Waals surface area contributed by atoms with Crippen LogP contribution in [0.4, 0.5) is 4.39 Å². The number of ether oxygens (including phenoxy) is 1. The Kier molecular flexibility index (Phi) is 3.15. The molecule has 1 aliphatic rings. The molecular formula is C15H11Cl2FO. The fourth-order valence-electron chi connectivity index (χ4n) is 2.40. The second-order valence-corrected chi connectivity index (χ2v) is 5.54. The molecule has 0 aliphatic carbocycles. The Labute approximate surface area is 120 Å². The Hall–Kier alpha value is -1.25. The van der Waals surface area contributed by atoms with Crippen molar-refractivity contribution in [3.63, 3.8) is 0 Å². The van der Waals surface area contributed by atoms with Gasteiger partial charge in [0.25, 0.3) is 0 Å². The monoisotopic (exact) mass is 296 g/mol. The van der Waals surface area contributed by atoms with Crippen LogP contribution in [0.1, 0.15) is 12.5 Å². The molecule has 0 amide bonds. The van der Waals surface area contributed by atoms with E-state index in [4.69, 9.17) is 27.9 Å². The first-order valence-corrected chi connectivity index (χ1v) is 6.74. The van der Waals surface area contributed by atoms with Crippen molar-refractivity contribution in [1.82, 2.24) is 0 Å². The summed E-state index contributed by atoms with van der Waals surface area (Å²) in [5.41, 5.74) is 2.23. The highest BCUT2D eigenvalue weighted by Crippen LogP contribution is 2.42. The van der Waals surface area contributed by atoms with Gasteiger partial charge in [-0.3, -0.25) is 0 Å². The number of benzene rings is 2. The number of hydrogen-bond donors (Lipinski definition) is 0. The van der Waals surface area contributed by atoms with E-state index in [1.54, 1.807) is 18.2 Å². The lowest BCUT2D eigenvalue weighted by Crippen LogP contribution is -2.05. The van der Waals surface area contributed by atoms with Crippen LogP contribution in [0.5, 0.6) is 5.75 Å². The van der Waals surface area contributed by atoms with E-state index < -0.39 is 0 Å². The van der Waals surface area contributed by atoms with E-state index in [0.29, 0.717) is 33.3 Å². The minimum absolute atomic E-state index is 0.0495. The summed E-state index contributed by atoms with van der Waals surface area (Å²) in [5.74, 6) is 0.417. The Morgan fingerprint density at radius 2 is 1.95 bits per heavy atom. The highest BCUT2D eigenvalue weighted by atomic mass is 35.5. The van der Waals surface area contributed by atoms with Crippen LogP contribution < -0.4 is 4.74 Å². The van der Waals surface area contributed by atoms with Crippen molar-refractivity contribution in [2.45, 2.75) is 19.4 Å². The zero-order valence-corrected chi connectivity index (χ0v) is 11.7. The molecule has 0 N–H and O–H groups in total. The zero-order chi connectivity index (χ0) is 13.6. The summed E-state index contributed by atoms with van der Waals surface area (Å²) in [7, 11) is 0. The normalized spacial score (nSPS) is 17.2. The summed E-state index contributed by atoms with van der Waals surface area (Å²) in [6.45, 7) is 1.96. The number of halogens is 3. The number of rotatable bonds is 1. The molecule has 1 aliphatic heterocycles. The summed E-state index contributed by atoms with van der Waals surface area (Å²) >= 11 is 12.2. The lowest BCUT2D eigenvalue weighted by atomic mass is 10.0. The minimum Gasteiger partial charge on any atom is -0.489 e. The second kappa shape index (κ2) is 4.69. The molecule has 1 heterocycles. The molecule has 2 aromatic rings. The Morgan fingerprint density at radius 1 is 1.16 bits per heavy atom. The average molecular weight is 297 g/mol. The van der Waals surface area contributed by atoms with Gasteiger partial charge in [0, 0.05) is 33.2 Å². The first kappa shape index (κ1) is 12.8. The van der Waals surface area contributed by atoms with Crippen molar-refractivity contribution in [3.05, 3.63) is 51.8 Å². The highest BCUT2D eigenvalue weighted by molar-refractivity contribution is 6.35. The van der Waals surface area contributed by atoms with Gasteiger partial charge in [-0.1, -0.05) is 23.2 Å². The van der Waals surface area contributed by atoms with Crippen LogP contribution in [0.3, 0.4) is 0 Å². The molecule has 1 unspecified atom stereocenters. The van der Waals surface area contributed by atoms with Gasteiger partial charge < -0.3 is 4.74 Å². The summed E-state index contributed by atoms with van der Waals surface area (Å²) in [5, 5.41) is 1.09. The number of hydrogen-bond acceptors (Lipinski definition) is 1. The van der Waals surface area contributed by atoms with E-state index in [9.17, 15) is 4.39 Å². The van der Waals surface area contributed by atoms with Gasteiger partial charge in [-0.15, -0.1) is 0 Å². The molecule has 0 aromatic heterocycles. The summed E-state index contributed by atoms with van der Waals surface area (Å²) < 4.78 is 19.5. The molecule has 0 saturated carbocycles. The van der Waals surface area contributed by atoms with Gasteiger partial charge in [0.2, 0.25) is 0 Å². The largest absolute Gasteiger partial charge is 0.489 e. The van der Waals surface area contributed by atoms with Crippen LogP contribution in [0, 0.1) is 5.82 Å². The van der Waals surface area contributed by atoms with Crippen molar-refractivity contribution >= 4 is 23.2 Å². The molecule has 0 fully saturated rings. The van der Waals surface area contributed by atoms with Crippen LogP contribution in [0.2, 0.25) is 10.0 Å². The van der Waals surface area contributed by atoms with Gasteiger partial charge in [0.05, 0.1) is 0 Å². The third-order valence-corrected chi connectivity index (χ3v) is 3.74. The van der Waals surface area contributed by atoms with E-state index in [1.807, 2.05) is 6.92 Å². The first-order chi connectivity index (χ1) is 9.04. The molecule has 4 heteroatoms. The molecule has 0 bridgehead atoms. The van der Waals surface area contributed by atoms with Crippen LogP contribution in [0.15, 0.2) is 30.3 Å². The zero-order valence-electron chi connectivity index (χ0n) is 10.2. The van der Waals surface area contributed by atoms with Crippen molar-refractivity contribution < 1.29 is 9.13 Å². The van der Waals surface area contributed by atoms with E-state index in [-0.39, 0.29) is 11.9 Å². The third kappa shape index (κ3) is 2.31. The molecule has 19 heavy (non-hydrogen) atoms. The minimum atomic E-state index is -0.289. The summed E-state index contributed by atoms with van der Waals surface area (Å²) in [4.78, 5) is 0. The quantitative estimate of drug-likeness (QED) is 0.709. The van der Waals surface area contributed by atoms with Gasteiger partial charge in [-0.05, 0) is 37.3 Å². The van der Waals surface area contributed by atoms with Crippen LogP contribution in [0.25, 0.3) is 11.1 Å². The molecule has 3 rings (SSSR count). The Bertz CT molecular complexity index is 655. The predicted molar refractivity (Wildman–Crippen MR) is 75.7 cm³/mol. The molecule has 0 spiro atoms. The lowest BCUT2D eigenvalue weighted by Gasteiger charge is -2.11. The molecule has 1 nitrogen and oxygen atoms in total. The van der Waals surface area contributed by atoms with E-state index in [1.165, 1.54) is 12.1 Å². The van der Waals surface area contributed by atoms with Gasteiger partial charge in [-0.2, -0.15) is 0 Å². The molecular weight excluding hydrogens is 286 g/mol. The van der Waals surface area contributed by atoms with Crippen molar-refractivity contribution in [3.8, 4) is 16.9 Å². The predicted octanol–water partition coefficient (Wildman–Crippen LogP) is 5.12. The van der Waals surface area contributed by atoms with E-state index in [0.717, 1.165) is 5.56 Å². The standard InChI is InChI=1S/C15H11Cl2FO/c1-8-4-9-5-11(18)7-13(15(9)19-8)12-6-10(16)2-3-14(12)17/h2-3,5-8H,4H2,1H3. The van der Waals surface area contributed by atoms with Gasteiger partial charge in [0.1, 0.15) is 17.7 Å². The van der Waals surface area contributed by atoms with Crippen molar-refractivity contribution in [1.29, 1.82) is 0 Å². The van der Waals surface area contributed by atoms with Crippen LogP contribution >= 0.6 is 23.2 Å². The smallest absolute Gasteiger partial charge is 0.131 e. The maximum Gasteiger partial charge on any atom is 0.131 e. The lowest BCUT2D eigenvalue weighted by molar-refractivity contribution is 0.255. The molecule has 0 saturated heterocycles. The van der Waals surface area contributed by atoms with Gasteiger partial charge in [0.15, 0.2) is 0 Å². The topological polar surface area (TPSA) is 9.23 Å². The van der Waals surface area contributed by atoms with Crippen LogP contribution in [-0.2, 0) is 6.42 Å². The van der Waals surface area contributed by atoms with E-state index >= 15 is 0 Å². The molecule has 98 valence electrons. The van der Waals surface area contributed by atoms with Crippen molar-refractivity contribution in [2.24, 2.45) is 0 Å². The molecule has 1 atom stereocenters. The second-order valence-electron chi connectivity index (χ2n) is 4.70. The van der Waals surface area contributed by atoms with E-state index in [2.05, 4.69) is 0 Å². The maximum atomic E-state index is 13.7. The SMILES string of the molecule is CC1Cc2cc(F)cc(-c3cc(Cl)ccc3Cl)c2O1. The summed E-state index contributed by atoms with van der Waals surface area (Å²) in [6, 6.07) is 8.09. The Balaban J connectivity index is 2.23. The first-order valence-electron chi connectivity index (χ1n) is 5.99. The van der Waals surface area contributed by atoms with Crippen LogP contribution in [-0.4, -0.2) is 6.10 Å².